The molecule has 0 saturated heterocycles. The van der Waals surface area contributed by atoms with Crippen molar-refractivity contribution in [1.29, 1.82) is 0 Å². The predicted octanol–water partition coefficient (Wildman–Crippen LogP) is 2.55. The minimum Gasteiger partial charge on any atom is -0.508 e. The van der Waals surface area contributed by atoms with Crippen LogP contribution in [0.25, 0.3) is 0 Å². The maximum absolute atomic E-state index is 12.0. The first kappa shape index (κ1) is 12.6. The van der Waals surface area contributed by atoms with Gasteiger partial charge >= 0.3 is 0 Å². The van der Waals surface area contributed by atoms with Gasteiger partial charge in [0.2, 0.25) is 5.91 Å². The molecule has 0 spiro atoms. The monoisotopic (exact) mass is 309 g/mol. The highest BCUT2D eigenvalue weighted by Crippen LogP contribution is 2.18. The summed E-state index contributed by atoms with van der Waals surface area (Å²) in [6.45, 7) is 1.75. The van der Waals surface area contributed by atoms with Gasteiger partial charge in [0.1, 0.15) is 11.8 Å². The van der Waals surface area contributed by atoms with Crippen molar-refractivity contribution in [3.63, 3.8) is 0 Å². The molecule has 2 rings (SSSR count). The van der Waals surface area contributed by atoms with E-state index >= 15 is 0 Å². The number of nitrogens with zero attached hydrogens (tertiary/aromatic N) is 2. The van der Waals surface area contributed by atoms with Crippen molar-refractivity contribution in [2.45, 2.75) is 13.0 Å². The SMILES string of the molecule is CC(C(=O)Nc1cccc(O)c1)n1cc(Br)cn1. The van der Waals surface area contributed by atoms with Gasteiger partial charge in [-0.25, -0.2) is 0 Å². The maximum atomic E-state index is 12.0. The first-order valence-corrected chi connectivity index (χ1v) is 6.15. The standard InChI is InChI=1S/C12H12BrN3O2/c1-8(16-7-9(13)6-14-16)12(18)15-10-3-2-4-11(17)5-10/h2-8,17H,1H3,(H,15,18). The Morgan fingerprint density at radius 3 is 2.94 bits per heavy atom. The number of rotatable bonds is 3. The van der Waals surface area contributed by atoms with Gasteiger partial charge in [0.15, 0.2) is 0 Å². The van der Waals surface area contributed by atoms with Gasteiger partial charge in [0.25, 0.3) is 0 Å². The summed E-state index contributed by atoms with van der Waals surface area (Å²) in [5.74, 6) is -0.0847. The van der Waals surface area contributed by atoms with E-state index in [2.05, 4.69) is 26.3 Å². The molecule has 0 aliphatic heterocycles. The van der Waals surface area contributed by atoms with Crippen LogP contribution in [0.15, 0.2) is 41.1 Å². The molecule has 0 bridgehead atoms. The van der Waals surface area contributed by atoms with Crippen molar-refractivity contribution in [3.05, 3.63) is 41.1 Å². The van der Waals surface area contributed by atoms with Gasteiger partial charge in [-0.3, -0.25) is 9.48 Å². The van der Waals surface area contributed by atoms with Crippen LogP contribution in [-0.4, -0.2) is 20.8 Å². The van der Waals surface area contributed by atoms with Gasteiger partial charge in [0, 0.05) is 18.0 Å². The van der Waals surface area contributed by atoms with E-state index < -0.39 is 6.04 Å². The topological polar surface area (TPSA) is 67.2 Å². The quantitative estimate of drug-likeness (QED) is 0.915. The lowest BCUT2D eigenvalue weighted by Crippen LogP contribution is -2.23. The van der Waals surface area contributed by atoms with E-state index in [0.717, 1.165) is 4.47 Å². The van der Waals surface area contributed by atoms with Gasteiger partial charge < -0.3 is 10.4 Å². The third-order valence-electron chi connectivity index (χ3n) is 2.46. The van der Waals surface area contributed by atoms with Crippen LogP contribution in [0.5, 0.6) is 5.75 Å². The van der Waals surface area contributed by atoms with Crippen LogP contribution in [0, 0.1) is 0 Å². The predicted molar refractivity (Wildman–Crippen MR) is 71.4 cm³/mol. The maximum Gasteiger partial charge on any atom is 0.248 e. The Balaban J connectivity index is 2.08. The van der Waals surface area contributed by atoms with Crippen LogP contribution < -0.4 is 5.32 Å². The molecule has 2 N–H and O–H groups in total. The number of benzene rings is 1. The number of phenols is 1. The van der Waals surface area contributed by atoms with Crippen LogP contribution >= 0.6 is 15.9 Å². The van der Waals surface area contributed by atoms with Crippen LogP contribution in [0.4, 0.5) is 5.69 Å². The molecule has 1 aromatic carbocycles. The molecule has 1 heterocycles. The fraction of sp³-hybridized carbons (Fsp3) is 0.167. The number of aromatic hydroxyl groups is 1. The van der Waals surface area contributed by atoms with E-state index in [4.69, 9.17) is 0 Å². The van der Waals surface area contributed by atoms with E-state index in [9.17, 15) is 9.90 Å². The number of hydrogen-bond acceptors (Lipinski definition) is 3. The molecule has 94 valence electrons. The highest BCUT2D eigenvalue weighted by atomic mass is 79.9. The van der Waals surface area contributed by atoms with Gasteiger partial charge in [-0.2, -0.15) is 5.10 Å². The number of carbonyl (C=O) groups excluding carboxylic acids is 1. The Morgan fingerprint density at radius 1 is 1.56 bits per heavy atom. The zero-order valence-corrected chi connectivity index (χ0v) is 11.3. The van der Waals surface area contributed by atoms with Crippen LogP contribution in [0.2, 0.25) is 0 Å². The molecule has 18 heavy (non-hydrogen) atoms. The third kappa shape index (κ3) is 2.89. The lowest BCUT2D eigenvalue weighted by Gasteiger charge is -2.12. The van der Waals surface area contributed by atoms with Gasteiger partial charge in [0.05, 0.1) is 10.7 Å². The van der Waals surface area contributed by atoms with Crippen LogP contribution in [0.1, 0.15) is 13.0 Å². The van der Waals surface area contributed by atoms with E-state index in [1.54, 1.807) is 42.2 Å². The number of nitrogens with one attached hydrogen (secondary N) is 1. The Bertz CT molecular complexity index is 568. The highest BCUT2D eigenvalue weighted by Gasteiger charge is 2.15. The molecule has 1 unspecified atom stereocenters. The largest absolute Gasteiger partial charge is 0.508 e. The Morgan fingerprint density at radius 2 is 2.33 bits per heavy atom. The summed E-state index contributed by atoms with van der Waals surface area (Å²) in [6.07, 6.45) is 3.35. The first-order valence-electron chi connectivity index (χ1n) is 5.36. The Kier molecular flexibility index (Phi) is 3.66. The normalized spacial score (nSPS) is 12.1. The van der Waals surface area contributed by atoms with Gasteiger partial charge in [-0.05, 0) is 35.0 Å². The summed E-state index contributed by atoms with van der Waals surface area (Å²) in [4.78, 5) is 12.0. The minimum atomic E-state index is -0.432. The zero-order chi connectivity index (χ0) is 13.1. The number of anilines is 1. The van der Waals surface area contributed by atoms with Crippen molar-refractivity contribution < 1.29 is 9.90 Å². The molecular weight excluding hydrogens is 298 g/mol. The number of carbonyl (C=O) groups is 1. The molecular formula is C12H12BrN3O2. The summed E-state index contributed by atoms with van der Waals surface area (Å²) in [6, 6.07) is 5.98. The summed E-state index contributed by atoms with van der Waals surface area (Å²) in [5.41, 5.74) is 0.554. The molecule has 0 fully saturated rings. The fourth-order valence-electron chi connectivity index (χ4n) is 1.48. The second-order valence-corrected chi connectivity index (χ2v) is 4.77. The number of hydrogen-bond donors (Lipinski definition) is 2. The molecule has 2 aromatic rings. The lowest BCUT2D eigenvalue weighted by molar-refractivity contribution is -0.119. The molecule has 0 aliphatic carbocycles. The van der Waals surface area contributed by atoms with E-state index in [1.807, 2.05) is 0 Å². The number of phenolic OH excluding ortho intramolecular Hbond substituents is 1. The second-order valence-electron chi connectivity index (χ2n) is 3.85. The minimum absolute atomic E-state index is 0.113. The molecule has 6 heteroatoms. The van der Waals surface area contributed by atoms with E-state index in [0.29, 0.717) is 5.69 Å². The molecule has 1 amide bonds. The van der Waals surface area contributed by atoms with Gasteiger partial charge in [-0.1, -0.05) is 6.07 Å². The van der Waals surface area contributed by atoms with Crippen LogP contribution in [0.3, 0.4) is 0 Å². The zero-order valence-electron chi connectivity index (χ0n) is 9.67. The second kappa shape index (κ2) is 5.22. The smallest absolute Gasteiger partial charge is 0.248 e. The summed E-state index contributed by atoms with van der Waals surface area (Å²) >= 11 is 3.28. The summed E-state index contributed by atoms with van der Waals surface area (Å²) < 4.78 is 2.38. The number of aromatic nitrogens is 2. The molecule has 0 radical (unpaired) electrons. The van der Waals surface area contributed by atoms with Crippen molar-refractivity contribution in [2.24, 2.45) is 0 Å². The average Bonchev–Trinajstić information content (AvgIpc) is 2.75. The number of amides is 1. The Hall–Kier alpha value is -1.82. The van der Waals surface area contributed by atoms with Crippen molar-refractivity contribution in [1.82, 2.24) is 9.78 Å². The lowest BCUT2D eigenvalue weighted by atomic mass is 10.2. The van der Waals surface area contributed by atoms with Crippen molar-refractivity contribution in [2.75, 3.05) is 5.32 Å². The summed E-state index contributed by atoms with van der Waals surface area (Å²) in [7, 11) is 0. The van der Waals surface area contributed by atoms with E-state index in [1.165, 1.54) is 6.07 Å². The highest BCUT2D eigenvalue weighted by molar-refractivity contribution is 9.10. The van der Waals surface area contributed by atoms with Crippen molar-refractivity contribution >= 4 is 27.5 Å². The number of halogens is 1. The third-order valence-corrected chi connectivity index (χ3v) is 2.87. The van der Waals surface area contributed by atoms with E-state index in [-0.39, 0.29) is 11.7 Å². The molecule has 0 saturated carbocycles. The average molecular weight is 310 g/mol. The fourth-order valence-corrected chi connectivity index (χ4v) is 1.78. The van der Waals surface area contributed by atoms with Crippen LogP contribution in [-0.2, 0) is 4.79 Å². The first-order chi connectivity index (χ1) is 8.56. The molecule has 0 aliphatic rings. The van der Waals surface area contributed by atoms with Gasteiger partial charge in [-0.15, -0.1) is 0 Å². The Labute approximate surface area is 113 Å². The summed E-state index contributed by atoms with van der Waals surface area (Å²) in [5, 5.41) is 16.1. The van der Waals surface area contributed by atoms with Crippen molar-refractivity contribution in [3.8, 4) is 5.75 Å². The molecule has 1 aromatic heterocycles. The molecule has 1 atom stereocenters. The molecule has 5 nitrogen and oxygen atoms in total.